The lowest BCUT2D eigenvalue weighted by Crippen LogP contribution is -2.33. The lowest BCUT2D eigenvalue weighted by atomic mass is 10.1. The molecule has 0 fully saturated rings. The van der Waals surface area contributed by atoms with Gasteiger partial charge in [-0.3, -0.25) is 4.79 Å². The van der Waals surface area contributed by atoms with Gasteiger partial charge in [0, 0.05) is 11.5 Å². The van der Waals surface area contributed by atoms with Gasteiger partial charge in [-0.05, 0) is 36.3 Å². The number of amides is 1. The van der Waals surface area contributed by atoms with Gasteiger partial charge in [0.1, 0.15) is 12.4 Å². The van der Waals surface area contributed by atoms with Crippen LogP contribution in [0, 0.1) is 6.92 Å². The number of nitrogens with zero attached hydrogens (tertiary/aromatic N) is 1. The minimum atomic E-state index is -0.863. The van der Waals surface area contributed by atoms with E-state index in [-0.39, 0.29) is 0 Å². The molecule has 2 aromatic carbocycles. The fourth-order valence-electron chi connectivity index (χ4n) is 2.71. The number of hydrogen-bond acceptors (Lipinski definition) is 6. The van der Waals surface area contributed by atoms with Gasteiger partial charge in [-0.25, -0.2) is 9.78 Å². The highest BCUT2D eigenvalue weighted by Crippen LogP contribution is 2.17. The van der Waals surface area contributed by atoms with Gasteiger partial charge < -0.3 is 14.8 Å². The molecule has 1 heterocycles. The molecular weight excluding hydrogens is 400 g/mol. The van der Waals surface area contributed by atoms with Crippen LogP contribution in [-0.4, -0.2) is 24.0 Å². The number of nitrogens with one attached hydrogen (secondary N) is 1. The first-order chi connectivity index (χ1) is 14.5. The first-order valence-corrected chi connectivity index (χ1v) is 10.2. The summed E-state index contributed by atoms with van der Waals surface area (Å²) in [6.45, 7) is 2.37. The Kier molecular flexibility index (Phi) is 7.34. The molecule has 7 heteroatoms. The number of benzene rings is 2. The van der Waals surface area contributed by atoms with Crippen molar-refractivity contribution in [1.82, 2.24) is 10.3 Å². The standard InChI is InChI=1S/C23H22N2O4S/c1-16-24-19(15-30-16)14-29-20-11-8-17(9-12-20)10-13-21(26)25-22(23(27)28-2)18-6-4-3-5-7-18/h3-13,15,22H,14H2,1-2H3,(H,25,26)/b13-10+. The van der Waals surface area contributed by atoms with Crippen molar-refractivity contribution < 1.29 is 19.1 Å². The Bertz CT molecular complexity index is 1010. The van der Waals surface area contributed by atoms with Crippen molar-refractivity contribution in [3.05, 3.63) is 87.9 Å². The van der Waals surface area contributed by atoms with Crippen molar-refractivity contribution in [2.45, 2.75) is 19.6 Å². The molecule has 1 unspecified atom stereocenters. The average molecular weight is 423 g/mol. The van der Waals surface area contributed by atoms with Crippen LogP contribution in [0.2, 0.25) is 0 Å². The van der Waals surface area contributed by atoms with Crippen LogP contribution >= 0.6 is 11.3 Å². The number of methoxy groups -OCH3 is 1. The van der Waals surface area contributed by atoms with Gasteiger partial charge in [0.2, 0.25) is 5.91 Å². The zero-order valence-electron chi connectivity index (χ0n) is 16.7. The molecule has 0 radical (unpaired) electrons. The lowest BCUT2D eigenvalue weighted by molar-refractivity contribution is -0.144. The predicted octanol–water partition coefficient (Wildman–Crippen LogP) is 4.07. The highest BCUT2D eigenvalue weighted by Gasteiger charge is 2.22. The van der Waals surface area contributed by atoms with Crippen LogP contribution in [0.1, 0.15) is 27.9 Å². The molecule has 1 aromatic heterocycles. The van der Waals surface area contributed by atoms with Gasteiger partial charge in [0.05, 0.1) is 17.8 Å². The lowest BCUT2D eigenvalue weighted by Gasteiger charge is -2.15. The quantitative estimate of drug-likeness (QED) is 0.437. The Hall–Kier alpha value is -3.45. The SMILES string of the molecule is COC(=O)C(NC(=O)/C=C/c1ccc(OCc2csc(C)n2)cc1)c1ccccc1. The second-order valence-electron chi connectivity index (χ2n) is 6.42. The first kappa shape index (κ1) is 21.3. The molecule has 6 nitrogen and oxygen atoms in total. The van der Waals surface area contributed by atoms with Crippen LogP contribution in [0.15, 0.2) is 66.1 Å². The van der Waals surface area contributed by atoms with Crippen molar-refractivity contribution in [3.63, 3.8) is 0 Å². The van der Waals surface area contributed by atoms with Crippen molar-refractivity contribution in [2.75, 3.05) is 7.11 Å². The van der Waals surface area contributed by atoms with Gasteiger partial charge in [0.15, 0.2) is 6.04 Å². The minimum Gasteiger partial charge on any atom is -0.487 e. The normalized spacial score (nSPS) is 11.8. The Morgan fingerprint density at radius 2 is 1.87 bits per heavy atom. The molecule has 0 saturated heterocycles. The minimum absolute atomic E-state index is 0.395. The number of esters is 1. The topological polar surface area (TPSA) is 77.5 Å². The highest BCUT2D eigenvalue weighted by molar-refractivity contribution is 7.09. The predicted molar refractivity (Wildman–Crippen MR) is 116 cm³/mol. The summed E-state index contributed by atoms with van der Waals surface area (Å²) in [5.41, 5.74) is 2.39. The number of thiazole rings is 1. The fraction of sp³-hybridized carbons (Fsp3) is 0.174. The van der Waals surface area contributed by atoms with E-state index >= 15 is 0 Å². The number of rotatable bonds is 8. The molecule has 1 amide bonds. The van der Waals surface area contributed by atoms with Gasteiger partial charge in [-0.15, -0.1) is 11.3 Å². The smallest absolute Gasteiger partial charge is 0.333 e. The summed E-state index contributed by atoms with van der Waals surface area (Å²) >= 11 is 1.59. The summed E-state index contributed by atoms with van der Waals surface area (Å²) in [6.07, 6.45) is 3.05. The third-order valence-electron chi connectivity index (χ3n) is 4.22. The monoisotopic (exact) mass is 422 g/mol. The van der Waals surface area contributed by atoms with E-state index in [1.165, 1.54) is 13.2 Å². The maximum absolute atomic E-state index is 12.3. The first-order valence-electron chi connectivity index (χ1n) is 9.30. The van der Waals surface area contributed by atoms with Gasteiger partial charge in [-0.1, -0.05) is 42.5 Å². The second kappa shape index (κ2) is 10.4. The average Bonchev–Trinajstić information content (AvgIpc) is 3.20. The van der Waals surface area contributed by atoms with Crippen LogP contribution in [0.3, 0.4) is 0 Å². The van der Waals surface area contributed by atoms with Gasteiger partial charge in [-0.2, -0.15) is 0 Å². The highest BCUT2D eigenvalue weighted by atomic mass is 32.1. The van der Waals surface area contributed by atoms with E-state index in [0.717, 1.165) is 22.0 Å². The second-order valence-corrected chi connectivity index (χ2v) is 7.49. The molecule has 0 aliphatic heterocycles. The van der Waals surface area contributed by atoms with Crippen LogP contribution in [0.4, 0.5) is 0 Å². The fourth-order valence-corrected chi connectivity index (χ4v) is 3.31. The van der Waals surface area contributed by atoms with Gasteiger partial charge >= 0.3 is 5.97 Å². The van der Waals surface area contributed by atoms with Crippen molar-refractivity contribution in [1.29, 1.82) is 0 Å². The van der Waals surface area contributed by atoms with E-state index in [1.54, 1.807) is 41.7 Å². The number of ether oxygens (including phenoxy) is 2. The van der Waals surface area contributed by atoms with E-state index in [0.29, 0.717) is 12.2 Å². The van der Waals surface area contributed by atoms with E-state index in [9.17, 15) is 9.59 Å². The number of carbonyl (C=O) groups excluding carboxylic acids is 2. The molecular formula is C23H22N2O4S. The molecule has 0 aliphatic carbocycles. The molecule has 0 saturated carbocycles. The van der Waals surface area contributed by atoms with Gasteiger partial charge in [0.25, 0.3) is 0 Å². The van der Waals surface area contributed by atoms with Crippen LogP contribution in [0.5, 0.6) is 5.75 Å². The molecule has 0 aliphatic rings. The van der Waals surface area contributed by atoms with Crippen LogP contribution < -0.4 is 10.1 Å². The number of carbonyl (C=O) groups is 2. The van der Waals surface area contributed by atoms with E-state index in [1.807, 2.05) is 42.6 Å². The van der Waals surface area contributed by atoms with E-state index < -0.39 is 17.9 Å². The molecule has 3 rings (SSSR count). The van der Waals surface area contributed by atoms with Crippen molar-refractivity contribution in [3.8, 4) is 5.75 Å². The summed E-state index contributed by atoms with van der Waals surface area (Å²) in [6, 6.07) is 15.5. The zero-order chi connectivity index (χ0) is 21.3. The molecule has 1 atom stereocenters. The Morgan fingerprint density at radius 3 is 2.50 bits per heavy atom. The summed E-state index contributed by atoms with van der Waals surface area (Å²) in [5, 5.41) is 5.66. The summed E-state index contributed by atoms with van der Waals surface area (Å²) in [4.78, 5) is 28.7. The Balaban J connectivity index is 1.57. The summed E-state index contributed by atoms with van der Waals surface area (Å²) in [7, 11) is 1.29. The summed E-state index contributed by atoms with van der Waals surface area (Å²) < 4.78 is 10.5. The summed E-state index contributed by atoms with van der Waals surface area (Å²) in [5.74, 6) is -0.203. The third-order valence-corrected chi connectivity index (χ3v) is 5.04. The van der Waals surface area contributed by atoms with Crippen molar-refractivity contribution in [2.24, 2.45) is 0 Å². The molecule has 0 bridgehead atoms. The van der Waals surface area contributed by atoms with Crippen molar-refractivity contribution >= 4 is 29.3 Å². The maximum Gasteiger partial charge on any atom is 0.333 e. The molecule has 1 N–H and O–H groups in total. The number of aryl methyl sites for hydroxylation is 1. The Labute approximate surface area is 179 Å². The maximum atomic E-state index is 12.3. The molecule has 154 valence electrons. The Morgan fingerprint density at radius 1 is 1.13 bits per heavy atom. The zero-order valence-corrected chi connectivity index (χ0v) is 17.5. The third kappa shape index (κ3) is 6.02. The van der Waals surface area contributed by atoms with E-state index in [4.69, 9.17) is 9.47 Å². The van der Waals surface area contributed by atoms with Crippen LogP contribution in [0.25, 0.3) is 6.08 Å². The number of hydrogen-bond donors (Lipinski definition) is 1. The number of aromatic nitrogens is 1. The molecule has 30 heavy (non-hydrogen) atoms. The van der Waals surface area contributed by atoms with Crippen LogP contribution in [-0.2, 0) is 20.9 Å². The molecule has 3 aromatic rings. The molecule has 0 spiro atoms. The largest absolute Gasteiger partial charge is 0.487 e. The van der Waals surface area contributed by atoms with E-state index in [2.05, 4.69) is 10.3 Å².